The molecule has 20 heavy (non-hydrogen) atoms. The molecular weight excluding hydrogens is 286 g/mol. The lowest BCUT2D eigenvalue weighted by Gasteiger charge is -2.02. The Labute approximate surface area is 123 Å². The fourth-order valence-corrected chi connectivity index (χ4v) is 4.25. The molecule has 0 saturated heterocycles. The quantitative estimate of drug-likeness (QED) is 0.596. The number of aromatic nitrogens is 2. The predicted octanol–water partition coefficient (Wildman–Crippen LogP) is 4.40. The third-order valence-corrected chi connectivity index (χ3v) is 5.25. The number of benzene rings is 1. The summed E-state index contributed by atoms with van der Waals surface area (Å²) in [7, 11) is 0. The second kappa shape index (κ2) is 4.47. The van der Waals surface area contributed by atoms with Crippen LogP contribution in [0.15, 0.2) is 53.9 Å². The van der Waals surface area contributed by atoms with Gasteiger partial charge in [-0.25, -0.2) is 4.68 Å². The summed E-state index contributed by atoms with van der Waals surface area (Å²) >= 11 is 3.51. The van der Waals surface area contributed by atoms with Gasteiger partial charge in [0.2, 0.25) is 0 Å². The van der Waals surface area contributed by atoms with Crippen LogP contribution in [0.4, 0.5) is 5.82 Å². The Morgan fingerprint density at radius 1 is 1.00 bits per heavy atom. The van der Waals surface area contributed by atoms with E-state index in [-0.39, 0.29) is 0 Å². The van der Waals surface area contributed by atoms with Crippen LogP contribution in [-0.4, -0.2) is 9.78 Å². The highest BCUT2D eigenvalue weighted by Gasteiger charge is 2.11. The van der Waals surface area contributed by atoms with Crippen molar-refractivity contribution < 1.29 is 0 Å². The maximum absolute atomic E-state index is 6.09. The van der Waals surface area contributed by atoms with Crippen molar-refractivity contribution in [1.29, 1.82) is 0 Å². The topological polar surface area (TPSA) is 43.8 Å². The van der Waals surface area contributed by atoms with Gasteiger partial charge in [0, 0.05) is 15.5 Å². The van der Waals surface area contributed by atoms with Gasteiger partial charge in [-0.05, 0) is 29.6 Å². The maximum atomic E-state index is 6.09. The summed E-state index contributed by atoms with van der Waals surface area (Å²) in [6.07, 6.45) is 0. The van der Waals surface area contributed by atoms with Gasteiger partial charge in [0.25, 0.3) is 0 Å². The molecule has 0 aliphatic rings. The molecule has 4 aromatic rings. The van der Waals surface area contributed by atoms with E-state index < -0.39 is 0 Å². The average Bonchev–Trinajstić information content (AvgIpc) is 3.12. The summed E-state index contributed by atoms with van der Waals surface area (Å²) in [5.74, 6) is 0.656. The average molecular weight is 297 g/mol. The number of nitrogens with two attached hydrogens (primary N) is 1. The zero-order chi connectivity index (χ0) is 13.5. The lowest BCUT2D eigenvalue weighted by Crippen LogP contribution is -2.00. The van der Waals surface area contributed by atoms with Crippen molar-refractivity contribution in [2.75, 3.05) is 5.73 Å². The highest BCUT2D eigenvalue weighted by Crippen LogP contribution is 2.36. The van der Waals surface area contributed by atoms with E-state index in [1.165, 1.54) is 9.40 Å². The van der Waals surface area contributed by atoms with Gasteiger partial charge in [0.1, 0.15) is 11.5 Å². The normalized spacial score (nSPS) is 11.2. The van der Waals surface area contributed by atoms with Crippen LogP contribution in [0.1, 0.15) is 0 Å². The smallest absolute Gasteiger partial charge is 0.127 e. The van der Waals surface area contributed by atoms with Gasteiger partial charge < -0.3 is 5.73 Å². The van der Waals surface area contributed by atoms with E-state index in [1.54, 1.807) is 27.4 Å². The van der Waals surface area contributed by atoms with Crippen LogP contribution >= 0.6 is 22.7 Å². The molecule has 0 radical (unpaired) electrons. The molecule has 0 fully saturated rings. The lowest BCUT2D eigenvalue weighted by molar-refractivity contribution is 0.896. The molecule has 0 unspecified atom stereocenters. The third-order valence-electron chi connectivity index (χ3n) is 3.13. The highest BCUT2D eigenvalue weighted by molar-refractivity contribution is 7.28. The van der Waals surface area contributed by atoms with Crippen molar-refractivity contribution in [3.8, 4) is 16.3 Å². The Morgan fingerprint density at radius 3 is 2.65 bits per heavy atom. The molecule has 3 aromatic heterocycles. The molecule has 0 saturated carbocycles. The zero-order valence-corrected chi connectivity index (χ0v) is 12.1. The van der Waals surface area contributed by atoms with Gasteiger partial charge in [0.15, 0.2) is 0 Å². The van der Waals surface area contributed by atoms with E-state index in [1.807, 2.05) is 36.4 Å². The van der Waals surface area contributed by atoms with Crippen molar-refractivity contribution >= 4 is 37.9 Å². The van der Waals surface area contributed by atoms with Crippen LogP contribution in [0.25, 0.3) is 25.7 Å². The molecule has 98 valence electrons. The molecule has 0 bridgehead atoms. The number of fused-ring (bicyclic) bond motifs is 1. The van der Waals surface area contributed by atoms with Gasteiger partial charge in [-0.2, -0.15) is 5.10 Å². The van der Waals surface area contributed by atoms with E-state index in [0.717, 1.165) is 16.3 Å². The zero-order valence-electron chi connectivity index (χ0n) is 10.5. The van der Waals surface area contributed by atoms with E-state index in [4.69, 9.17) is 5.73 Å². The first kappa shape index (κ1) is 11.7. The lowest BCUT2D eigenvalue weighted by atomic mass is 10.3. The van der Waals surface area contributed by atoms with Crippen LogP contribution in [0.2, 0.25) is 0 Å². The monoisotopic (exact) mass is 297 g/mol. The van der Waals surface area contributed by atoms with Crippen LogP contribution in [0, 0.1) is 0 Å². The molecule has 0 spiro atoms. The summed E-state index contributed by atoms with van der Waals surface area (Å²) in [5, 5.41) is 6.74. The molecule has 2 N–H and O–H groups in total. The van der Waals surface area contributed by atoms with E-state index in [0.29, 0.717) is 5.82 Å². The summed E-state index contributed by atoms with van der Waals surface area (Å²) in [6.45, 7) is 0. The molecule has 0 aliphatic heterocycles. The third kappa shape index (κ3) is 1.83. The molecule has 3 nitrogen and oxygen atoms in total. The molecule has 5 heteroatoms. The molecule has 4 rings (SSSR count). The van der Waals surface area contributed by atoms with Crippen LogP contribution in [0.5, 0.6) is 0 Å². The Bertz CT molecular complexity index is 842. The number of hydrogen-bond acceptors (Lipinski definition) is 4. The van der Waals surface area contributed by atoms with E-state index in [9.17, 15) is 0 Å². The van der Waals surface area contributed by atoms with Gasteiger partial charge in [-0.15, -0.1) is 22.7 Å². The molecular formula is C15H11N3S2. The fraction of sp³-hybridized carbons (Fsp3) is 0. The largest absolute Gasteiger partial charge is 0.384 e. The van der Waals surface area contributed by atoms with Crippen molar-refractivity contribution in [3.63, 3.8) is 0 Å². The molecule has 0 atom stereocenters. The Morgan fingerprint density at radius 2 is 1.85 bits per heavy atom. The first-order valence-corrected chi connectivity index (χ1v) is 7.89. The van der Waals surface area contributed by atoms with Crippen molar-refractivity contribution in [2.24, 2.45) is 0 Å². The molecule has 1 aromatic carbocycles. The summed E-state index contributed by atoms with van der Waals surface area (Å²) in [6, 6.07) is 16.2. The minimum absolute atomic E-state index is 0.656. The molecule has 0 aliphatic carbocycles. The number of thiophene rings is 2. The van der Waals surface area contributed by atoms with Crippen molar-refractivity contribution in [1.82, 2.24) is 9.78 Å². The van der Waals surface area contributed by atoms with Crippen LogP contribution in [-0.2, 0) is 0 Å². The number of hydrogen-bond donors (Lipinski definition) is 1. The minimum Gasteiger partial charge on any atom is -0.384 e. The van der Waals surface area contributed by atoms with Gasteiger partial charge in [-0.1, -0.05) is 18.2 Å². The standard InChI is InChI=1S/C15H11N3S2/c16-15-8-11(13-9-14-12(20-13)6-7-19-14)17-18(15)10-4-2-1-3-5-10/h1-9H,16H2. The Balaban J connectivity index is 1.82. The predicted molar refractivity (Wildman–Crippen MR) is 86.7 cm³/mol. The number of nitrogens with zero attached hydrogens (tertiary/aromatic N) is 2. The SMILES string of the molecule is Nc1cc(-c2cc3sccc3s2)nn1-c1ccccc1. The van der Waals surface area contributed by atoms with Gasteiger partial charge in [0.05, 0.1) is 10.6 Å². The molecule has 0 amide bonds. The van der Waals surface area contributed by atoms with Crippen LogP contribution in [0.3, 0.4) is 0 Å². The highest BCUT2D eigenvalue weighted by atomic mass is 32.1. The Hall–Kier alpha value is -2.11. The summed E-state index contributed by atoms with van der Waals surface area (Å²) in [5.41, 5.74) is 8.00. The Kier molecular flexibility index (Phi) is 2.61. The van der Waals surface area contributed by atoms with Crippen molar-refractivity contribution in [3.05, 3.63) is 53.9 Å². The number of para-hydroxylation sites is 1. The minimum atomic E-state index is 0.656. The maximum Gasteiger partial charge on any atom is 0.127 e. The van der Waals surface area contributed by atoms with Gasteiger partial charge in [-0.3, -0.25) is 0 Å². The van der Waals surface area contributed by atoms with Crippen LogP contribution < -0.4 is 5.73 Å². The first-order chi connectivity index (χ1) is 9.81. The summed E-state index contributed by atoms with van der Waals surface area (Å²) in [4.78, 5) is 1.16. The second-order valence-corrected chi connectivity index (χ2v) is 6.49. The van der Waals surface area contributed by atoms with Gasteiger partial charge >= 0.3 is 0 Å². The number of rotatable bonds is 2. The fourth-order valence-electron chi connectivity index (χ4n) is 2.18. The number of nitrogen functional groups attached to an aromatic ring is 1. The first-order valence-electron chi connectivity index (χ1n) is 6.19. The molecule has 3 heterocycles. The van der Waals surface area contributed by atoms with Crippen molar-refractivity contribution in [2.45, 2.75) is 0 Å². The second-order valence-electron chi connectivity index (χ2n) is 4.46. The summed E-state index contributed by atoms with van der Waals surface area (Å²) < 4.78 is 4.39. The van der Waals surface area contributed by atoms with E-state index >= 15 is 0 Å². The number of anilines is 1. The van der Waals surface area contributed by atoms with E-state index in [2.05, 4.69) is 22.6 Å².